The minimum atomic E-state index is -4.43. The van der Waals surface area contributed by atoms with Crippen LogP contribution >= 0.6 is 0 Å². The number of halogens is 4. The fourth-order valence-corrected chi connectivity index (χ4v) is 3.86. The minimum absolute atomic E-state index is 0.00962. The molecule has 182 valence electrons. The molecule has 0 spiro atoms. The molecule has 1 unspecified atom stereocenters. The summed E-state index contributed by atoms with van der Waals surface area (Å²) in [6.45, 7) is 0.329. The Morgan fingerprint density at radius 2 is 1.89 bits per heavy atom. The second-order valence-electron chi connectivity index (χ2n) is 8.15. The molecule has 0 aliphatic rings. The third-order valence-corrected chi connectivity index (χ3v) is 5.52. The van der Waals surface area contributed by atoms with Crippen LogP contribution in [0, 0.1) is 5.82 Å². The van der Waals surface area contributed by atoms with Gasteiger partial charge in [-0.3, -0.25) is 9.78 Å². The third-order valence-electron chi connectivity index (χ3n) is 5.52. The molecule has 0 aliphatic carbocycles. The lowest BCUT2D eigenvalue weighted by atomic mass is 10.0. The first kappa shape index (κ1) is 24.3. The first-order chi connectivity index (χ1) is 16.7. The molecular formula is C26H23F4N3O2. The van der Waals surface area contributed by atoms with Gasteiger partial charge in [-0.1, -0.05) is 30.3 Å². The lowest BCUT2D eigenvalue weighted by Crippen LogP contribution is -2.27. The summed E-state index contributed by atoms with van der Waals surface area (Å²) in [5.74, 6) is -0.602. The summed E-state index contributed by atoms with van der Waals surface area (Å²) in [6.07, 6.45) is -2.71. The quantitative estimate of drug-likeness (QED) is 0.296. The van der Waals surface area contributed by atoms with E-state index in [0.29, 0.717) is 12.1 Å². The molecular weight excluding hydrogens is 462 g/mol. The number of aryl methyl sites for hydroxylation is 1. The van der Waals surface area contributed by atoms with E-state index in [1.807, 2.05) is 30.3 Å². The van der Waals surface area contributed by atoms with E-state index in [4.69, 9.17) is 0 Å². The highest BCUT2D eigenvalue weighted by atomic mass is 19.4. The number of rotatable bonds is 8. The number of nitrogens with one attached hydrogen (secondary N) is 2. The highest BCUT2D eigenvalue weighted by Crippen LogP contribution is 2.32. The third kappa shape index (κ3) is 6.17. The fraction of sp³-hybridized carbons (Fsp3) is 0.231. The van der Waals surface area contributed by atoms with Gasteiger partial charge in [0.25, 0.3) is 0 Å². The molecule has 4 rings (SSSR count). The van der Waals surface area contributed by atoms with Gasteiger partial charge in [0.15, 0.2) is 6.61 Å². The van der Waals surface area contributed by atoms with Crippen molar-refractivity contribution in [1.82, 2.24) is 15.3 Å². The molecule has 2 N–H and O–H groups in total. The number of pyridine rings is 1. The van der Waals surface area contributed by atoms with E-state index in [1.165, 1.54) is 30.5 Å². The number of ether oxygens (including phenoxy) is 1. The van der Waals surface area contributed by atoms with Crippen LogP contribution in [0.15, 0.2) is 66.9 Å². The molecule has 4 aromatic rings. The van der Waals surface area contributed by atoms with E-state index in [0.717, 1.165) is 27.7 Å². The van der Waals surface area contributed by atoms with E-state index in [1.54, 1.807) is 13.0 Å². The lowest BCUT2D eigenvalue weighted by Gasteiger charge is -2.15. The molecule has 35 heavy (non-hydrogen) atoms. The van der Waals surface area contributed by atoms with Crippen molar-refractivity contribution < 1.29 is 27.1 Å². The Bertz CT molecular complexity index is 1300. The smallest absolute Gasteiger partial charge is 0.422 e. The zero-order chi connectivity index (χ0) is 25.0. The van der Waals surface area contributed by atoms with Crippen molar-refractivity contribution in [2.24, 2.45) is 0 Å². The van der Waals surface area contributed by atoms with Gasteiger partial charge in [0, 0.05) is 23.0 Å². The SMILES string of the molecule is CC(NC(=O)CCc1c(-c2ccccc2)[nH]c2ccc(F)cc12)c1ccc(OCC(F)(F)F)cn1. The summed E-state index contributed by atoms with van der Waals surface area (Å²) in [5.41, 5.74) is 3.88. The van der Waals surface area contributed by atoms with Crippen LogP contribution in [0.4, 0.5) is 17.6 Å². The first-order valence-electron chi connectivity index (χ1n) is 11.0. The summed E-state index contributed by atoms with van der Waals surface area (Å²) in [6, 6.07) is 16.6. The molecule has 0 saturated carbocycles. The average Bonchev–Trinajstić information content (AvgIpc) is 3.19. The van der Waals surface area contributed by atoms with Crippen molar-refractivity contribution in [3.63, 3.8) is 0 Å². The number of carbonyl (C=O) groups excluding carboxylic acids is 1. The number of H-pyrrole nitrogens is 1. The Morgan fingerprint density at radius 1 is 1.11 bits per heavy atom. The van der Waals surface area contributed by atoms with Gasteiger partial charge in [0.1, 0.15) is 11.6 Å². The van der Waals surface area contributed by atoms with Gasteiger partial charge in [-0.15, -0.1) is 0 Å². The van der Waals surface area contributed by atoms with Crippen molar-refractivity contribution in [3.05, 3.63) is 83.9 Å². The van der Waals surface area contributed by atoms with Crippen LogP contribution in [-0.2, 0) is 11.2 Å². The number of carbonyl (C=O) groups is 1. The Hall–Kier alpha value is -3.88. The van der Waals surface area contributed by atoms with Crippen molar-refractivity contribution in [2.75, 3.05) is 6.61 Å². The van der Waals surface area contributed by atoms with E-state index in [9.17, 15) is 22.4 Å². The zero-order valence-electron chi connectivity index (χ0n) is 18.8. The number of alkyl halides is 3. The van der Waals surface area contributed by atoms with Gasteiger partial charge >= 0.3 is 6.18 Å². The topological polar surface area (TPSA) is 67.0 Å². The van der Waals surface area contributed by atoms with Crippen LogP contribution in [0.3, 0.4) is 0 Å². The van der Waals surface area contributed by atoms with Gasteiger partial charge in [-0.05, 0) is 54.8 Å². The van der Waals surface area contributed by atoms with Crippen molar-refractivity contribution in [2.45, 2.75) is 32.0 Å². The summed E-state index contributed by atoms with van der Waals surface area (Å²) >= 11 is 0. The highest BCUT2D eigenvalue weighted by Gasteiger charge is 2.28. The fourth-order valence-electron chi connectivity index (χ4n) is 3.86. The Labute approximate surface area is 199 Å². The number of benzene rings is 2. The zero-order valence-corrected chi connectivity index (χ0v) is 18.8. The monoisotopic (exact) mass is 485 g/mol. The number of fused-ring (bicyclic) bond motifs is 1. The van der Waals surface area contributed by atoms with Crippen LogP contribution in [0.1, 0.15) is 30.6 Å². The molecule has 0 saturated heterocycles. The van der Waals surface area contributed by atoms with Crippen LogP contribution in [0.5, 0.6) is 5.75 Å². The number of aromatic amines is 1. The normalized spacial score (nSPS) is 12.5. The molecule has 2 aromatic heterocycles. The molecule has 2 heterocycles. The summed E-state index contributed by atoms with van der Waals surface area (Å²) in [7, 11) is 0. The Kier molecular flexibility index (Phi) is 7.04. The second kappa shape index (κ2) is 10.2. The Morgan fingerprint density at radius 3 is 2.57 bits per heavy atom. The van der Waals surface area contributed by atoms with Crippen LogP contribution < -0.4 is 10.1 Å². The molecule has 1 amide bonds. The first-order valence-corrected chi connectivity index (χ1v) is 11.0. The van der Waals surface area contributed by atoms with Crippen molar-refractivity contribution in [3.8, 4) is 17.0 Å². The average molecular weight is 485 g/mol. The maximum atomic E-state index is 14.0. The van der Waals surface area contributed by atoms with Crippen molar-refractivity contribution >= 4 is 16.8 Å². The predicted molar refractivity (Wildman–Crippen MR) is 124 cm³/mol. The molecule has 1 atom stereocenters. The molecule has 0 bridgehead atoms. The van der Waals surface area contributed by atoms with Gasteiger partial charge in [-0.25, -0.2) is 4.39 Å². The maximum absolute atomic E-state index is 14.0. The maximum Gasteiger partial charge on any atom is 0.422 e. The number of nitrogens with zero attached hydrogens (tertiary/aromatic N) is 1. The second-order valence-corrected chi connectivity index (χ2v) is 8.15. The molecule has 0 aliphatic heterocycles. The van der Waals surface area contributed by atoms with Gasteiger partial charge < -0.3 is 15.0 Å². The van der Waals surface area contributed by atoms with E-state index < -0.39 is 18.8 Å². The number of hydrogen-bond acceptors (Lipinski definition) is 3. The van der Waals surface area contributed by atoms with Crippen LogP contribution in [-0.4, -0.2) is 28.7 Å². The van der Waals surface area contributed by atoms with Crippen molar-refractivity contribution in [1.29, 1.82) is 0 Å². The highest BCUT2D eigenvalue weighted by molar-refractivity contribution is 5.91. The summed E-state index contributed by atoms with van der Waals surface area (Å²) in [4.78, 5) is 20.1. The van der Waals surface area contributed by atoms with Gasteiger partial charge in [-0.2, -0.15) is 13.2 Å². The number of aromatic nitrogens is 2. The predicted octanol–water partition coefficient (Wildman–Crippen LogP) is 6.12. The molecule has 2 aromatic carbocycles. The number of amides is 1. The largest absolute Gasteiger partial charge is 0.483 e. The van der Waals surface area contributed by atoms with E-state index in [-0.39, 0.29) is 23.9 Å². The van der Waals surface area contributed by atoms with Gasteiger partial charge in [0.05, 0.1) is 17.9 Å². The number of hydrogen-bond donors (Lipinski definition) is 2. The van der Waals surface area contributed by atoms with E-state index in [2.05, 4.69) is 20.0 Å². The summed E-state index contributed by atoms with van der Waals surface area (Å²) < 4.78 is 55.5. The Balaban J connectivity index is 1.43. The molecule has 9 heteroatoms. The summed E-state index contributed by atoms with van der Waals surface area (Å²) in [5, 5.41) is 3.57. The lowest BCUT2D eigenvalue weighted by molar-refractivity contribution is -0.153. The molecule has 5 nitrogen and oxygen atoms in total. The molecule has 0 fully saturated rings. The standard InChI is InChI=1S/C26H23F4N3O2/c1-16(22-11-8-19(14-31-22)35-15-26(28,29)30)32-24(34)12-9-20-21-13-18(27)7-10-23(21)33-25(20)17-5-3-2-4-6-17/h2-8,10-11,13-14,16,33H,9,12,15H2,1H3,(H,32,34). The minimum Gasteiger partial charge on any atom is -0.483 e. The van der Waals surface area contributed by atoms with E-state index >= 15 is 0 Å². The molecule has 0 radical (unpaired) electrons. The van der Waals surface area contributed by atoms with Crippen LogP contribution in [0.25, 0.3) is 22.2 Å². The van der Waals surface area contributed by atoms with Gasteiger partial charge in [0.2, 0.25) is 5.91 Å². The van der Waals surface area contributed by atoms with Crippen LogP contribution in [0.2, 0.25) is 0 Å².